The third-order valence-corrected chi connectivity index (χ3v) is 4.71. The van der Waals surface area contributed by atoms with Gasteiger partial charge < -0.3 is 14.7 Å². The summed E-state index contributed by atoms with van der Waals surface area (Å²) < 4.78 is 6.21. The van der Waals surface area contributed by atoms with Gasteiger partial charge in [0.2, 0.25) is 0 Å². The number of hydrogen-bond donors (Lipinski definition) is 1. The number of carbonyl (C=O) groups excluding carboxylic acids is 1. The SMILES string of the molecule is CCCN(CC(=O)O)C(=O)c1sc2ccc(OC)cc2c1C. The molecule has 0 radical (unpaired) electrons. The molecule has 22 heavy (non-hydrogen) atoms. The second-order valence-electron chi connectivity index (χ2n) is 5.04. The summed E-state index contributed by atoms with van der Waals surface area (Å²) in [6.45, 7) is 3.97. The molecule has 118 valence electrons. The molecule has 0 bridgehead atoms. The minimum Gasteiger partial charge on any atom is -0.497 e. The van der Waals surface area contributed by atoms with Crippen molar-refractivity contribution >= 4 is 33.3 Å². The van der Waals surface area contributed by atoms with E-state index in [1.54, 1.807) is 7.11 Å². The van der Waals surface area contributed by atoms with E-state index in [4.69, 9.17) is 9.84 Å². The number of fused-ring (bicyclic) bond motifs is 1. The van der Waals surface area contributed by atoms with Crippen LogP contribution in [0.15, 0.2) is 18.2 Å². The van der Waals surface area contributed by atoms with Gasteiger partial charge in [0.15, 0.2) is 0 Å². The van der Waals surface area contributed by atoms with Crippen molar-refractivity contribution in [2.45, 2.75) is 20.3 Å². The standard InChI is InChI=1S/C16H19NO4S/c1-4-7-17(9-14(18)19)16(20)15-10(2)12-8-11(21-3)5-6-13(12)22-15/h5-6,8H,4,7,9H2,1-3H3,(H,18,19). The number of carboxylic acids is 1. The molecule has 0 spiro atoms. The first-order valence-electron chi connectivity index (χ1n) is 7.06. The lowest BCUT2D eigenvalue weighted by atomic mass is 10.1. The van der Waals surface area contributed by atoms with Crippen molar-refractivity contribution in [1.29, 1.82) is 0 Å². The quantitative estimate of drug-likeness (QED) is 0.887. The predicted octanol–water partition coefficient (Wildman–Crippen LogP) is 3.16. The van der Waals surface area contributed by atoms with Gasteiger partial charge in [0, 0.05) is 11.2 Å². The molecule has 6 heteroatoms. The second kappa shape index (κ2) is 6.79. The van der Waals surface area contributed by atoms with E-state index in [9.17, 15) is 9.59 Å². The molecule has 0 atom stereocenters. The van der Waals surface area contributed by atoms with Gasteiger partial charge in [-0.3, -0.25) is 9.59 Å². The Bertz CT molecular complexity index is 707. The van der Waals surface area contributed by atoms with Gasteiger partial charge >= 0.3 is 5.97 Å². The molecule has 0 aliphatic heterocycles. The van der Waals surface area contributed by atoms with Gasteiger partial charge in [-0.25, -0.2) is 0 Å². The van der Waals surface area contributed by atoms with E-state index in [1.165, 1.54) is 16.2 Å². The molecule has 1 amide bonds. The second-order valence-corrected chi connectivity index (χ2v) is 6.09. The van der Waals surface area contributed by atoms with Gasteiger partial charge in [0.25, 0.3) is 5.91 Å². The van der Waals surface area contributed by atoms with Crippen LogP contribution in [0, 0.1) is 6.92 Å². The highest BCUT2D eigenvalue weighted by Gasteiger charge is 2.22. The zero-order chi connectivity index (χ0) is 16.3. The first-order chi connectivity index (χ1) is 10.5. The van der Waals surface area contributed by atoms with Crippen molar-refractivity contribution in [3.63, 3.8) is 0 Å². The minimum absolute atomic E-state index is 0.220. The summed E-state index contributed by atoms with van der Waals surface area (Å²) in [6, 6.07) is 5.68. The summed E-state index contributed by atoms with van der Waals surface area (Å²) in [6.07, 6.45) is 0.719. The van der Waals surface area contributed by atoms with Gasteiger partial charge in [0.1, 0.15) is 12.3 Å². The fourth-order valence-corrected chi connectivity index (χ4v) is 3.52. The summed E-state index contributed by atoms with van der Waals surface area (Å²) in [5.41, 5.74) is 0.871. The highest BCUT2D eigenvalue weighted by atomic mass is 32.1. The summed E-state index contributed by atoms with van der Waals surface area (Å²) >= 11 is 1.39. The lowest BCUT2D eigenvalue weighted by Gasteiger charge is -2.19. The van der Waals surface area contributed by atoms with Crippen molar-refractivity contribution in [2.75, 3.05) is 20.2 Å². The Balaban J connectivity index is 2.41. The third kappa shape index (κ3) is 3.22. The van der Waals surface area contributed by atoms with Crippen LogP contribution in [0.3, 0.4) is 0 Å². The van der Waals surface area contributed by atoms with Crippen LogP contribution in [0.2, 0.25) is 0 Å². The highest BCUT2D eigenvalue weighted by molar-refractivity contribution is 7.21. The van der Waals surface area contributed by atoms with Crippen LogP contribution < -0.4 is 4.74 Å². The highest BCUT2D eigenvalue weighted by Crippen LogP contribution is 2.34. The number of methoxy groups -OCH3 is 1. The number of nitrogens with zero attached hydrogens (tertiary/aromatic N) is 1. The number of ether oxygens (including phenoxy) is 1. The number of aryl methyl sites for hydroxylation is 1. The fourth-order valence-electron chi connectivity index (χ4n) is 2.36. The van der Waals surface area contributed by atoms with Crippen LogP contribution in [0.25, 0.3) is 10.1 Å². The van der Waals surface area contributed by atoms with E-state index in [2.05, 4.69) is 0 Å². The lowest BCUT2D eigenvalue weighted by Crippen LogP contribution is -2.36. The van der Waals surface area contributed by atoms with Crippen LogP contribution in [-0.4, -0.2) is 42.1 Å². The van der Waals surface area contributed by atoms with Crippen molar-refractivity contribution < 1.29 is 19.4 Å². The molecule has 0 aliphatic carbocycles. The number of amides is 1. The average Bonchev–Trinajstić information content (AvgIpc) is 2.82. The number of rotatable bonds is 6. The van der Waals surface area contributed by atoms with Crippen LogP contribution >= 0.6 is 11.3 Å². The normalized spacial score (nSPS) is 10.7. The molecule has 1 N–H and O–H groups in total. The Morgan fingerprint density at radius 2 is 2.09 bits per heavy atom. The van der Waals surface area contributed by atoms with Crippen LogP contribution in [0.5, 0.6) is 5.75 Å². The predicted molar refractivity (Wildman–Crippen MR) is 86.9 cm³/mol. The van der Waals surface area contributed by atoms with Gasteiger partial charge in [0.05, 0.1) is 12.0 Å². The van der Waals surface area contributed by atoms with E-state index in [0.717, 1.165) is 27.8 Å². The molecule has 0 saturated carbocycles. The molecule has 0 fully saturated rings. The minimum atomic E-state index is -0.998. The average molecular weight is 321 g/mol. The Hall–Kier alpha value is -2.08. The smallest absolute Gasteiger partial charge is 0.323 e. The van der Waals surface area contributed by atoms with Gasteiger partial charge in [-0.2, -0.15) is 0 Å². The monoisotopic (exact) mass is 321 g/mol. The summed E-state index contributed by atoms with van der Waals surface area (Å²) in [4.78, 5) is 25.6. The van der Waals surface area contributed by atoms with Crippen molar-refractivity contribution in [1.82, 2.24) is 4.90 Å². The van der Waals surface area contributed by atoms with Crippen LogP contribution in [0.1, 0.15) is 28.6 Å². The Morgan fingerprint density at radius 3 is 2.68 bits per heavy atom. The maximum Gasteiger partial charge on any atom is 0.323 e. The van der Waals surface area contributed by atoms with E-state index >= 15 is 0 Å². The number of carboxylic acid groups (broad SMARTS) is 1. The number of aliphatic carboxylic acids is 1. The molecule has 2 rings (SSSR count). The molecule has 2 aromatic rings. The van der Waals surface area contributed by atoms with Gasteiger partial charge in [-0.05, 0) is 42.5 Å². The molecule has 1 heterocycles. The number of carbonyl (C=O) groups is 2. The number of benzene rings is 1. The first kappa shape index (κ1) is 16.3. The zero-order valence-electron chi connectivity index (χ0n) is 12.9. The number of thiophene rings is 1. The van der Waals surface area contributed by atoms with Gasteiger partial charge in [-0.1, -0.05) is 6.92 Å². The van der Waals surface area contributed by atoms with Gasteiger partial charge in [-0.15, -0.1) is 11.3 Å². The van der Waals surface area contributed by atoms with Crippen molar-refractivity contribution in [2.24, 2.45) is 0 Å². The summed E-state index contributed by atoms with van der Waals surface area (Å²) in [7, 11) is 1.60. The molecule has 0 saturated heterocycles. The van der Waals surface area contributed by atoms with Crippen molar-refractivity contribution in [3.8, 4) is 5.75 Å². The maximum absolute atomic E-state index is 12.7. The van der Waals surface area contributed by atoms with Crippen LogP contribution in [-0.2, 0) is 4.79 Å². The largest absolute Gasteiger partial charge is 0.497 e. The van der Waals surface area contributed by atoms with E-state index in [1.807, 2.05) is 32.0 Å². The molecule has 1 aromatic heterocycles. The Kier molecular flexibility index (Phi) is 5.03. The van der Waals surface area contributed by atoms with E-state index in [-0.39, 0.29) is 12.5 Å². The first-order valence-corrected chi connectivity index (χ1v) is 7.87. The van der Waals surface area contributed by atoms with Crippen molar-refractivity contribution in [3.05, 3.63) is 28.6 Å². The molecular weight excluding hydrogens is 302 g/mol. The van der Waals surface area contributed by atoms with Crippen LogP contribution in [0.4, 0.5) is 0 Å². The Labute approximate surface area is 133 Å². The molecule has 1 aromatic carbocycles. The fraction of sp³-hybridized carbons (Fsp3) is 0.375. The number of hydrogen-bond acceptors (Lipinski definition) is 4. The molecular formula is C16H19NO4S. The maximum atomic E-state index is 12.7. The summed E-state index contributed by atoms with van der Waals surface area (Å²) in [5.74, 6) is -0.479. The Morgan fingerprint density at radius 1 is 1.36 bits per heavy atom. The lowest BCUT2D eigenvalue weighted by molar-refractivity contribution is -0.137. The zero-order valence-corrected chi connectivity index (χ0v) is 13.7. The van der Waals surface area contributed by atoms with E-state index in [0.29, 0.717) is 11.4 Å². The molecule has 5 nitrogen and oxygen atoms in total. The van der Waals surface area contributed by atoms with E-state index < -0.39 is 5.97 Å². The topological polar surface area (TPSA) is 66.8 Å². The third-order valence-electron chi connectivity index (χ3n) is 3.44. The molecule has 0 aliphatic rings. The molecule has 0 unspecified atom stereocenters. The summed E-state index contributed by atoms with van der Waals surface area (Å²) in [5, 5.41) is 9.95.